The minimum atomic E-state index is -0.842. The number of fused-ring (bicyclic) bond motifs is 1. The van der Waals surface area contributed by atoms with E-state index in [1.807, 2.05) is 0 Å². The van der Waals surface area contributed by atoms with Gasteiger partial charge in [0.2, 0.25) is 0 Å². The largest absolute Gasteiger partial charge is 0.481 e. The van der Waals surface area contributed by atoms with E-state index in [0.29, 0.717) is 6.42 Å². The Labute approximate surface area is 91.9 Å². The number of aromatic nitrogens is 1. The fraction of sp³-hybridized carbons (Fsp3) is 0.250. The van der Waals surface area contributed by atoms with Crippen LogP contribution in [-0.2, 0) is 11.2 Å². The average molecular weight is 221 g/mol. The summed E-state index contributed by atoms with van der Waals surface area (Å²) in [4.78, 5) is 13.7. The number of halogens is 1. The molecule has 0 amide bonds. The molecule has 2 rings (SSSR count). The predicted octanol–water partition coefficient (Wildman–Crippen LogP) is 2.57. The van der Waals surface area contributed by atoms with Gasteiger partial charge in [0.1, 0.15) is 5.82 Å². The molecule has 2 aromatic rings. The molecule has 0 radical (unpaired) electrons. The van der Waals surface area contributed by atoms with Gasteiger partial charge in [0.25, 0.3) is 0 Å². The second kappa shape index (κ2) is 3.96. The van der Waals surface area contributed by atoms with Crippen molar-refractivity contribution in [2.45, 2.75) is 13.3 Å². The van der Waals surface area contributed by atoms with Crippen LogP contribution in [0.2, 0.25) is 0 Å². The van der Waals surface area contributed by atoms with Gasteiger partial charge in [-0.1, -0.05) is 6.92 Å². The van der Waals surface area contributed by atoms with Gasteiger partial charge in [-0.15, -0.1) is 0 Å². The lowest BCUT2D eigenvalue weighted by molar-refractivity contribution is -0.141. The van der Waals surface area contributed by atoms with Crippen LogP contribution in [-0.4, -0.2) is 16.1 Å². The lowest BCUT2D eigenvalue weighted by Gasteiger charge is -2.04. The summed E-state index contributed by atoms with van der Waals surface area (Å²) in [6, 6.07) is 4.46. The van der Waals surface area contributed by atoms with Crippen LogP contribution in [0.5, 0.6) is 0 Å². The highest BCUT2D eigenvalue weighted by molar-refractivity contribution is 5.84. The molecule has 0 saturated heterocycles. The Morgan fingerprint density at radius 3 is 3.00 bits per heavy atom. The van der Waals surface area contributed by atoms with Gasteiger partial charge in [-0.25, -0.2) is 4.39 Å². The summed E-state index contributed by atoms with van der Waals surface area (Å²) in [7, 11) is 0. The van der Waals surface area contributed by atoms with Crippen LogP contribution >= 0.6 is 0 Å². The number of aromatic amines is 1. The van der Waals surface area contributed by atoms with E-state index >= 15 is 0 Å². The van der Waals surface area contributed by atoms with E-state index in [1.54, 1.807) is 19.2 Å². The molecule has 0 fully saturated rings. The molecule has 0 unspecified atom stereocenters. The number of benzene rings is 1. The number of carbonyl (C=O) groups is 1. The van der Waals surface area contributed by atoms with E-state index in [0.717, 1.165) is 16.5 Å². The van der Waals surface area contributed by atoms with Gasteiger partial charge < -0.3 is 10.1 Å². The Morgan fingerprint density at radius 2 is 2.31 bits per heavy atom. The summed E-state index contributed by atoms with van der Waals surface area (Å²) < 4.78 is 13.1. The van der Waals surface area contributed by atoms with Crippen molar-refractivity contribution in [3.8, 4) is 0 Å². The Balaban J connectivity index is 2.37. The van der Waals surface area contributed by atoms with E-state index in [-0.39, 0.29) is 5.82 Å². The van der Waals surface area contributed by atoms with Crippen molar-refractivity contribution in [3.05, 3.63) is 35.8 Å². The molecular formula is C12H12FNO2. The minimum Gasteiger partial charge on any atom is -0.481 e. The van der Waals surface area contributed by atoms with Crippen LogP contribution in [0, 0.1) is 11.7 Å². The third-order valence-corrected chi connectivity index (χ3v) is 2.68. The molecule has 16 heavy (non-hydrogen) atoms. The molecule has 0 aliphatic rings. The summed E-state index contributed by atoms with van der Waals surface area (Å²) in [5.74, 6) is -1.62. The Bertz CT molecular complexity index is 533. The highest BCUT2D eigenvalue weighted by Gasteiger charge is 2.14. The number of carboxylic acid groups (broad SMARTS) is 1. The zero-order valence-electron chi connectivity index (χ0n) is 8.83. The van der Waals surface area contributed by atoms with Gasteiger partial charge in [0, 0.05) is 17.1 Å². The van der Waals surface area contributed by atoms with Crippen molar-refractivity contribution in [1.29, 1.82) is 0 Å². The van der Waals surface area contributed by atoms with Crippen LogP contribution in [0.3, 0.4) is 0 Å². The number of hydrogen-bond donors (Lipinski definition) is 2. The minimum absolute atomic E-state index is 0.309. The molecule has 0 bridgehead atoms. The van der Waals surface area contributed by atoms with Crippen LogP contribution in [0.15, 0.2) is 24.4 Å². The normalized spacial score (nSPS) is 12.9. The van der Waals surface area contributed by atoms with Crippen molar-refractivity contribution in [2.75, 3.05) is 0 Å². The SMILES string of the molecule is C[C@H](Cc1c[nH]c2ccc(F)cc12)C(=O)O. The summed E-state index contributed by atoms with van der Waals surface area (Å²) in [5, 5.41) is 9.58. The standard InChI is InChI=1S/C12H12FNO2/c1-7(12(15)16)4-8-6-14-11-3-2-9(13)5-10(8)11/h2-3,5-7,14H,4H2,1H3,(H,15,16)/t7-/m1/s1. The zero-order chi connectivity index (χ0) is 11.7. The molecule has 0 aliphatic carbocycles. The van der Waals surface area contributed by atoms with Gasteiger partial charge in [0.15, 0.2) is 0 Å². The second-order valence-corrected chi connectivity index (χ2v) is 3.95. The topological polar surface area (TPSA) is 53.1 Å². The number of aliphatic carboxylic acids is 1. The first-order valence-electron chi connectivity index (χ1n) is 5.06. The zero-order valence-corrected chi connectivity index (χ0v) is 8.83. The smallest absolute Gasteiger partial charge is 0.306 e. The molecule has 0 aliphatic heterocycles. The Hall–Kier alpha value is -1.84. The molecule has 2 N–H and O–H groups in total. The molecule has 3 nitrogen and oxygen atoms in total. The van der Waals surface area contributed by atoms with E-state index in [1.165, 1.54) is 12.1 Å². The van der Waals surface area contributed by atoms with Crippen molar-refractivity contribution in [1.82, 2.24) is 4.98 Å². The van der Waals surface area contributed by atoms with E-state index < -0.39 is 11.9 Å². The number of nitrogens with one attached hydrogen (secondary N) is 1. The monoisotopic (exact) mass is 221 g/mol. The molecule has 4 heteroatoms. The van der Waals surface area contributed by atoms with Gasteiger partial charge in [-0.3, -0.25) is 4.79 Å². The fourth-order valence-electron chi connectivity index (χ4n) is 1.74. The Morgan fingerprint density at radius 1 is 1.56 bits per heavy atom. The first-order chi connectivity index (χ1) is 7.58. The number of rotatable bonds is 3. The number of H-pyrrole nitrogens is 1. The van der Waals surface area contributed by atoms with Gasteiger partial charge in [-0.2, -0.15) is 0 Å². The molecule has 1 aromatic carbocycles. The molecule has 1 heterocycles. The van der Waals surface area contributed by atoms with Crippen molar-refractivity contribution < 1.29 is 14.3 Å². The third-order valence-electron chi connectivity index (χ3n) is 2.68. The van der Waals surface area contributed by atoms with Gasteiger partial charge in [0.05, 0.1) is 5.92 Å². The van der Waals surface area contributed by atoms with Crippen molar-refractivity contribution in [3.63, 3.8) is 0 Å². The van der Waals surface area contributed by atoms with Gasteiger partial charge >= 0.3 is 5.97 Å². The molecule has 0 saturated carbocycles. The first-order valence-corrected chi connectivity index (χ1v) is 5.06. The summed E-state index contributed by atoms with van der Waals surface area (Å²) >= 11 is 0. The van der Waals surface area contributed by atoms with Crippen LogP contribution < -0.4 is 0 Å². The summed E-state index contributed by atoms with van der Waals surface area (Å²) in [6.45, 7) is 1.64. The first kappa shape index (κ1) is 10.7. The van der Waals surface area contributed by atoms with Crippen LogP contribution in [0.4, 0.5) is 4.39 Å². The summed E-state index contributed by atoms with van der Waals surface area (Å²) in [5.41, 5.74) is 1.67. The number of hydrogen-bond acceptors (Lipinski definition) is 1. The maximum absolute atomic E-state index is 13.1. The van der Waals surface area contributed by atoms with Crippen molar-refractivity contribution in [2.24, 2.45) is 5.92 Å². The Kier molecular flexibility index (Phi) is 2.64. The molecular weight excluding hydrogens is 209 g/mol. The highest BCUT2D eigenvalue weighted by atomic mass is 19.1. The molecule has 1 aromatic heterocycles. The fourth-order valence-corrected chi connectivity index (χ4v) is 1.74. The average Bonchev–Trinajstić information content (AvgIpc) is 2.61. The van der Waals surface area contributed by atoms with Crippen LogP contribution in [0.1, 0.15) is 12.5 Å². The highest BCUT2D eigenvalue weighted by Crippen LogP contribution is 2.22. The van der Waals surface area contributed by atoms with Crippen LogP contribution in [0.25, 0.3) is 10.9 Å². The molecule has 84 valence electrons. The maximum atomic E-state index is 13.1. The molecule has 1 atom stereocenters. The van der Waals surface area contributed by atoms with E-state index in [4.69, 9.17) is 5.11 Å². The predicted molar refractivity (Wildman–Crippen MR) is 58.8 cm³/mol. The third kappa shape index (κ3) is 1.91. The van der Waals surface area contributed by atoms with Crippen molar-refractivity contribution >= 4 is 16.9 Å². The lowest BCUT2D eigenvalue weighted by Crippen LogP contribution is -2.11. The molecule has 0 spiro atoms. The van der Waals surface area contributed by atoms with E-state index in [2.05, 4.69) is 4.98 Å². The number of carboxylic acids is 1. The summed E-state index contributed by atoms with van der Waals surface area (Å²) in [6.07, 6.45) is 2.14. The second-order valence-electron chi connectivity index (χ2n) is 3.95. The van der Waals surface area contributed by atoms with Gasteiger partial charge in [-0.05, 0) is 30.2 Å². The maximum Gasteiger partial charge on any atom is 0.306 e. The quantitative estimate of drug-likeness (QED) is 0.836. The van der Waals surface area contributed by atoms with E-state index in [9.17, 15) is 9.18 Å². The lowest BCUT2D eigenvalue weighted by atomic mass is 10.0.